The van der Waals surface area contributed by atoms with Gasteiger partial charge < -0.3 is 42.7 Å². The maximum absolute atomic E-state index is 12.3. The van der Waals surface area contributed by atoms with Gasteiger partial charge in [0.2, 0.25) is 5.89 Å². The van der Waals surface area contributed by atoms with Crippen LogP contribution in [-0.4, -0.2) is 62.4 Å². The summed E-state index contributed by atoms with van der Waals surface area (Å²) < 4.78 is 43.3. The van der Waals surface area contributed by atoms with Gasteiger partial charge in [0.05, 0.1) is 56.3 Å². The fourth-order valence-electron chi connectivity index (χ4n) is 5.67. The highest BCUT2D eigenvalue weighted by molar-refractivity contribution is 5.97. The zero-order chi connectivity index (χ0) is 39.8. The van der Waals surface area contributed by atoms with Crippen molar-refractivity contribution in [3.8, 4) is 34.5 Å². The van der Waals surface area contributed by atoms with Crippen molar-refractivity contribution in [2.24, 2.45) is 0 Å². The van der Waals surface area contributed by atoms with Crippen molar-refractivity contribution < 1.29 is 61.9 Å². The number of rotatable bonds is 14. The van der Waals surface area contributed by atoms with Gasteiger partial charge in [-0.2, -0.15) is 0 Å². The summed E-state index contributed by atoms with van der Waals surface area (Å²) in [6, 6.07) is 26.0. The highest BCUT2D eigenvalue weighted by atomic mass is 16.5. The molecule has 0 saturated carbocycles. The molecule has 0 aliphatic heterocycles. The van der Waals surface area contributed by atoms with Crippen LogP contribution in [0.25, 0.3) is 22.6 Å². The van der Waals surface area contributed by atoms with E-state index in [9.17, 15) is 24.3 Å². The first-order valence-corrected chi connectivity index (χ1v) is 16.9. The van der Waals surface area contributed by atoms with E-state index in [4.69, 9.17) is 37.6 Å². The van der Waals surface area contributed by atoms with Crippen molar-refractivity contribution in [1.82, 2.24) is 4.98 Å². The van der Waals surface area contributed by atoms with Gasteiger partial charge in [-0.1, -0.05) is 12.1 Å². The van der Waals surface area contributed by atoms with Crippen LogP contribution >= 0.6 is 0 Å². The number of phenols is 1. The first-order chi connectivity index (χ1) is 27.1. The Balaban J connectivity index is 1.26. The first-order valence-electron chi connectivity index (χ1n) is 16.9. The summed E-state index contributed by atoms with van der Waals surface area (Å²) in [5.74, 6) is -1.72. The van der Waals surface area contributed by atoms with Crippen LogP contribution in [0.3, 0.4) is 0 Å². The molecular weight excluding hydrogens is 726 g/mol. The Morgan fingerprint density at radius 3 is 1.38 bits per heavy atom. The van der Waals surface area contributed by atoms with Gasteiger partial charge in [0, 0.05) is 6.07 Å². The van der Waals surface area contributed by atoms with E-state index in [-0.39, 0.29) is 65.2 Å². The predicted octanol–water partition coefficient (Wildman–Crippen LogP) is 7.08. The van der Waals surface area contributed by atoms with Gasteiger partial charge >= 0.3 is 23.9 Å². The lowest BCUT2D eigenvalue weighted by atomic mass is 10.1. The van der Waals surface area contributed by atoms with Gasteiger partial charge in [-0.15, -0.1) is 0 Å². The van der Waals surface area contributed by atoms with Crippen LogP contribution in [0.4, 0.5) is 0 Å². The number of benzene rings is 5. The summed E-state index contributed by atoms with van der Waals surface area (Å²) in [7, 11) is 4.89. The molecule has 1 N–H and O–H groups in total. The summed E-state index contributed by atoms with van der Waals surface area (Å²) in [6.45, 7) is 0.0178. The standard InChI is InChI=1S/C42H35NO13/c1-49-39(45)27-14-28(40(46)50-2)17-32(16-27)54-22-25-11-24(12-26(13-25)23-55-33-18-29(41(47)51-3)15-30(19-33)42(48)52-4)21-53-31-9-10-34(36(44)20-31)38-43-35-7-5-6-8-37(35)56-38/h5-20,44H,21-23H2,1-4H3. The molecule has 6 rings (SSSR count). The molecule has 0 bridgehead atoms. The van der Waals surface area contributed by atoms with Gasteiger partial charge in [-0.25, -0.2) is 24.2 Å². The molecule has 0 aliphatic rings. The summed E-state index contributed by atoms with van der Waals surface area (Å²) in [5.41, 5.74) is 3.99. The van der Waals surface area contributed by atoms with Gasteiger partial charge in [0.25, 0.3) is 0 Å². The van der Waals surface area contributed by atoms with E-state index in [1.165, 1.54) is 70.9 Å². The number of carbonyl (C=O) groups excluding carboxylic acids is 4. The van der Waals surface area contributed by atoms with Crippen LogP contribution in [0.5, 0.6) is 23.0 Å². The number of fused-ring (bicyclic) bond motifs is 1. The molecule has 0 atom stereocenters. The normalized spacial score (nSPS) is 10.7. The Bertz CT molecular complexity index is 2230. The van der Waals surface area contributed by atoms with Crippen molar-refractivity contribution >= 4 is 35.0 Å². The van der Waals surface area contributed by atoms with Crippen molar-refractivity contribution in [1.29, 1.82) is 0 Å². The quantitative estimate of drug-likeness (QED) is 0.0879. The lowest BCUT2D eigenvalue weighted by molar-refractivity contribution is 0.0580. The number of ether oxygens (including phenoxy) is 7. The Hall–Kier alpha value is -7.35. The molecule has 0 spiro atoms. The topological polar surface area (TPSA) is 179 Å². The summed E-state index contributed by atoms with van der Waals surface area (Å²) >= 11 is 0. The summed E-state index contributed by atoms with van der Waals surface area (Å²) in [5, 5.41) is 10.9. The van der Waals surface area contributed by atoms with Crippen LogP contribution in [0.15, 0.2) is 101 Å². The van der Waals surface area contributed by atoms with Gasteiger partial charge in [-0.3, -0.25) is 0 Å². The van der Waals surface area contributed by atoms with Crippen LogP contribution in [-0.2, 0) is 38.8 Å². The Labute approximate surface area is 320 Å². The number of esters is 4. The third kappa shape index (κ3) is 9.05. The molecule has 0 radical (unpaired) electrons. The number of oxazole rings is 1. The number of phenolic OH excluding ortho intramolecular Hbond substituents is 1. The second-order valence-corrected chi connectivity index (χ2v) is 12.1. The third-order valence-electron chi connectivity index (χ3n) is 8.32. The molecule has 14 nitrogen and oxygen atoms in total. The third-order valence-corrected chi connectivity index (χ3v) is 8.32. The van der Waals surface area contributed by atoms with Crippen molar-refractivity contribution in [2.45, 2.75) is 19.8 Å². The maximum atomic E-state index is 12.3. The minimum Gasteiger partial charge on any atom is -0.507 e. The van der Waals surface area contributed by atoms with Gasteiger partial charge in [0.15, 0.2) is 5.58 Å². The van der Waals surface area contributed by atoms with Crippen LogP contribution in [0, 0.1) is 0 Å². The average Bonchev–Trinajstić information content (AvgIpc) is 3.67. The van der Waals surface area contributed by atoms with E-state index in [0.717, 1.165) is 0 Å². The van der Waals surface area contributed by atoms with E-state index in [2.05, 4.69) is 4.98 Å². The number of nitrogens with zero attached hydrogens (tertiary/aromatic N) is 1. The second kappa shape index (κ2) is 17.2. The molecule has 0 saturated heterocycles. The molecule has 0 unspecified atom stereocenters. The number of aromatic nitrogens is 1. The number of aromatic hydroxyl groups is 1. The highest BCUT2D eigenvalue weighted by Gasteiger charge is 2.18. The minimum absolute atomic E-state index is 0.0175. The Morgan fingerprint density at radius 2 is 0.964 bits per heavy atom. The van der Waals surface area contributed by atoms with E-state index < -0.39 is 23.9 Å². The average molecular weight is 762 g/mol. The fraction of sp³-hybridized carbons (Fsp3) is 0.167. The zero-order valence-corrected chi connectivity index (χ0v) is 30.7. The number of hydrogen-bond donors (Lipinski definition) is 1. The first kappa shape index (κ1) is 38.4. The molecule has 1 heterocycles. The number of carbonyl (C=O) groups is 4. The Morgan fingerprint density at radius 1 is 0.536 bits per heavy atom. The monoisotopic (exact) mass is 761 g/mol. The van der Waals surface area contributed by atoms with E-state index >= 15 is 0 Å². The van der Waals surface area contributed by atoms with Gasteiger partial charge in [-0.05, 0) is 95.6 Å². The molecule has 0 amide bonds. The van der Waals surface area contributed by atoms with E-state index in [0.29, 0.717) is 39.1 Å². The molecule has 1 aromatic heterocycles. The molecular formula is C42H35NO13. The zero-order valence-electron chi connectivity index (χ0n) is 30.7. The highest BCUT2D eigenvalue weighted by Crippen LogP contribution is 2.34. The molecule has 14 heteroatoms. The SMILES string of the molecule is COC(=O)c1cc(OCc2cc(COc3cc(C(=O)OC)cc(C(=O)OC)c3)cc(COc3ccc(-c4nc5ccccc5o4)c(O)c3)c2)cc(C(=O)OC)c1. The number of methoxy groups -OCH3 is 4. The lowest BCUT2D eigenvalue weighted by Crippen LogP contribution is -2.09. The number of para-hydroxylation sites is 2. The Kier molecular flexibility index (Phi) is 11.8. The van der Waals surface area contributed by atoms with Crippen LogP contribution in [0.2, 0.25) is 0 Å². The minimum atomic E-state index is -0.668. The molecule has 5 aromatic carbocycles. The fourth-order valence-corrected chi connectivity index (χ4v) is 5.67. The molecule has 56 heavy (non-hydrogen) atoms. The van der Waals surface area contributed by atoms with Crippen molar-refractivity contribution in [3.05, 3.63) is 136 Å². The van der Waals surface area contributed by atoms with E-state index in [1.54, 1.807) is 24.3 Å². The molecule has 286 valence electrons. The van der Waals surface area contributed by atoms with Crippen LogP contribution < -0.4 is 14.2 Å². The predicted molar refractivity (Wildman–Crippen MR) is 199 cm³/mol. The van der Waals surface area contributed by atoms with Crippen molar-refractivity contribution in [3.63, 3.8) is 0 Å². The van der Waals surface area contributed by atoms with Crippen LogP contribution in [0.1, 0.15) is 58.1 Å². The van der Waals surface area contributed by atoms with Gasteiger partial charge in [0.1, 0.15) is 48.3 Å². The summed E-state index contributed by atoms with van der Waals surface area (Å²) in [6.07, 6.45) is 0. The smallest absolute Gasteiger partial charge is 0.338 e. The maximum Gasteiger partial charge on any atom is 0.338 e. The number of hydrogen-bond acceptors (Lipinski definition) is 14. The molecule has 0 aliphatic carbocycles. The summed E-state index contributed by atoms with van der Waals surface area (Å²) in [4.78, 5) is 53.8. The van der Waals surface area contributed by atoms with Crippen molar-refractivity contribution in [2.75, 3.05) is 28.4 Å². The largest absolute Gasteiger partial charge is 0.507 e. The van der Waals surface area contributed by atoms with E-state index in [1.807, 2.05) is 30.3 Å². The lowest BCUT2D eigenvalue weighted by Gasteiger charge is -2.15. The molecule has 6 aromatic rings. The second-order valence-electron chi connectivity index (χ2n) is 12.1. The molecule has 0 fully saturated rings.